The summed E-state index contributed by atoms with van der Waals surface area (Å²) in [6.45, 7) is 2.30. The van der Waals surface area contributed by atoms with Crippen molar-refractivity contribution in [2.45, 2.75) is 13.5 Å². The molecule has 0 unspecified atom stereocenters. The zero-order chi connectivity index (χ0) is 13.8. The van der Waals surface area contributed by atoms with Gasteiger partial charge in [0.2, 0.25) is 0 Å². The van der Waals surface area contributed by atoms with Crippen LogP contribution < -0.4 is 5.32 Å². The molecule has 0 atom stereocenters. The van der Waals surface area contributed by atoms with E-state index in [9.17, 15) is 5.11 Å². The van der Waals surface area contributed by atoms with E-state index in [1.807, 2.05) is 25.1 Å². The van der Waals surface area contributed by atoms with E-state index >= 15 is 0 Å². The van der Waals surface area contributed by atoms with Gasteiger partial charge >= 0.3 is 0 Å². The number of hydrogen-bond acceptors (Lipinski definition) is 3. The SMILES string of the molecule is Cc1cccc(NCc2cc(Cl)ccc2O)c1C#N. The Bertz CT molecular complexity index is 647. The topological polar surface area (TPSA) is 56.0 Å². The van der Waals surface area contributed by atoms with Gasteiger partial charge in [-0.25, -0.2) is 0 Å². The third-order valence-corrected chi connectivity index (χ3v) is 3.13. The van der Waals surface area contributed by atoms with Crippen LogP contribution >= 0.6 is 11.6 Å². The summed E-state index contributed by atoms with van der Waals surface area (Å²) in [5.74, 6) is 0.183. The molecule has 3 nitrogen and oxygen atoms in total. The van der Waals surface area contributed by atoms with Gasteiger partial charge in [-0.15, -0.1) is 0 Å². The average molecular weight is 273 g/mol. The van der Waals surface area contributed by atoms with Gasteiger partial charge in [-0.1, -0.05) is 23.7 Å². The molecule has 0 aliphatic rings. The largest absolute Gasteiger partial charge is 0.508 e. The highest BCUT2D eigenvalue weighted by Gasteiger charge is 2.06. The summed E-state index contributed by atoms with van der Waals surface area (Å²) in [7, 11) is 0. The molecule has 0 aliphatic carbocycles. The fourth-order valence-corrected chi connectivity index (χ4v) is 2.04. The Morgan fingerprint density at radius 1 is 1.32 bits per heavy atom. The lowest BCUT2D eigenvalue weighted by atomic mass is 10.1. The summed E-state index contributed by atoms with van der Waals surface area (Å²) >= 11 is 5.89. The van der Waals surface area contributed by atoms with Gasteiger partial charge in [-0.3, -0.25) is 0 Å². The van der Waals surface area contributed by atoms with Gasteiger partial charge in [0.25, 0.3) is 0 Å². The second kappa shape index (κ2) is 5.64. The van der Waals surface area contributed by atoms with Gasteiger partial charge in [0.15, 0.2) is 0 Å². The second-order valence-corrected chi connectivity index (χ2v) is 4.67. The second-order valence-electron chi connectivity index (χ2n) is 4.24. The van der Waals surface area contributed by atoms with Crippen LogP contribution in [0.3, 0.4) is 0 Å². The number of phenolic OH excluding ortho intramolecular Hbond substituents is 1. The van der Waals surface area contributed by atoms with Crippen molar-refractivity contribution in [2.75, 3.05) is 5.32 Å². The number of nitrogens with one attached hydrogen (secondary N) is 1. The Hall–Kier alpha value is -2.18. The number of rotatable bonds is 3. The summed E-state index contributed by atoms with van der Waals surface area (Å²) in [6.07, 6.45) is 0. The highest BCUT2D eigenvalue weighted by atomic mass is 35.5. The highest BCUT2D eigenvalue weighted by Crippen LogP contribution is 2.24. The van der Waals surface area contributed by atoms with E-state index in [1.54, 1.807) is 18.2 Å². The molecule has 2 aromatic carbocycles. The first kappa shape index (κ1) is 13.3. The van der Waals surface area contributed by atoms with Crippen molar-refractivity contribution in [2.24, 2.45) is 0 Å². The van der Waals surface area contributed by atoms with Gasteiger partial charge in [-0.05, 0) is 36.8 Å². The van der Waals surface area contributed by atoms with Crippen molar-refractivity contribution in [1.82, 2.24) is 0 Å². The van der Waals surface area contributed by atoms with E-state index in [4.69, 9.17) is 16.9 Å². The molecule has 96 valence electrons. The first-order valence-corrected chi connectivity index (χ1v) is 6.20. The molecule has 0 radical (unpaired) electrons. The monoisotopic (exact) mass is 272 g/mol. The van der Waals surface area contributed by atoms with Crippen LogP contribution in [0.15, 0.2) is 36.4 Å². The van der Waals surface area contributed by atoms with E-state index in [1.165, 1.54) is 0 Å². The molecule has 0 amide bonds. The van der Waals surface area contributed by atoms with Crippen LogP contribution in [0, 0.1) is 18.3 Å². The van der Waals surface area contributed by atoms with Gasteiger partial charge in [-0.2, -0.15) is 5.26 Å². The Morgan fingerprint density at radius 2 is 2.11 bits per heavy atom. The normalized spacial score (nSPS) is 9.95. The molecule has 2 aromatic rings. The van der Waals surface area contributed by atoms with Crippen LogP contribution in [-0.2, 0) is 6.54 Å². The number of phenols is 1. The molecule has 2 N–H and O–H groups in total. The third-order valence-electron chi connectivity index (χ3n) is 2.90. The fraction of sp³-hybridized carbons (Fsp3) is 0.133. The number of anilines is 1. The van der Waals surface area contributed by atoms with Crippen molar-refractivity contribution >= 4 is 17.3 Å². The zero-order valence-corrected chi connectivity index (χ0v) is 11.2. The van der Waals surface area contributed by atoms with Crippen LogP contribution in [0.4, 0.5) is 5.69 Å². The minimum Gasteiger partial charge on any atom is -0.508 e. The van der Waals surface area contributed by atoms with E-state index < -0.39 is 0 Å². The molecule has 4 heteroatoms. The molecule has 0 spiro atoms. The van der Waals surface area contributed by atoms with E-state index in [0.717, 1.165) is 11.3 Å². The molecule has 0 bridgehead atoms. The standard InChI is InChI=1S/C15H13ClN2O/c1-10-3-2-4-14(13(10)8-17)18-9-11-7-12(16)5-6-15(11)19/h2-7,18-19H,9H2,1H3. The molecule has 0 saturated heterocycles. The van der Waals surface area contributed by atoms with Crippen LogP contribution in [0.2, 0.25) is 5.02 Å². The Morgan fingerprint density at radius 3 is 2.84 bits per heavy atom. The molecule has 0 aromatic heterocycles. The van der Waals surface area contributed by atoms with E-state index in [0.29, 0.717) is 22.7 Å². The van der Waals surface area contributed by atoms with Crippen molar-refractivity contribution < 1.29 is 5.11 Å². The Kier molecular flexibility index (Phi) is 3.94. The summed E-state index contributed by atoms with van der Waals surface area (Å²) in [5, 5.41) is 22.6. The molecular formula is C15H13ClN2O. The number of hydrogen-bond donors (Lipinski definition) is 2. The number of nitrogens with zero attached hydrogens (tertiary/aromatic N) is 1. The molecular weight excluding hydrogens is 260 g/mol. The zero-order valence-electron chi connectivity index (χ0n) is 10.4. The lowest BCUT2D eigenvalue weighted by molar-refractivity contribution is 0.469. The maximum atomic E-state index is 9.73. The predicted octanol–water partition coefficient (Wildman–Crippen LogP) is 3.84. The Balaban J connectivity index is 2.22. The smallest absolute Gasteiger partial charge is 0.120 e. The lowest BCUT2D eigenvalue weighted by Gasteiger charge is -2.11. The van der Waals surface area contributed by atoms with Crippen molar-refractivity contribution in [1.29, 1.82) is 5.26 Å². The minimum atomic E-state index is 0.183. The minimum absolute atomic E-state index is 0.183. The Labute approximate surface area is 117 Å². The summed E-state index contributed by atoms with van der Waals surface area (Å²) < 4.78 is 0. The average Bonchev–Trinajstić information content (AvgIpc) is 2.40. The number of nitriles is 1. The fourth-order valence-electron chi connectivity index (χ4n) is 1.85. The molecule has 0 saturated carbocycles. The predicted molar refractivity (Wildman–Crippen MR) is 76.3 cm³/mol. The van der Waals surface area contributed by atoms with Gasteiger partial charge in [0.05, 0.1) is 11.3 Å². The van der Waals surface area contributed by atoms with Crippen LogP contribution in [0.5, 0.6) is 5.75 Å². The molecule has 19 heavy (non-hydrogen) atoms. The first-order chi connectivity index (χ1) is 9.11. The van der Waals surface area contributed by atoms with Crippen molar-refractivity contribution in [3.05, 3.63) is 58.1 Å². The number of halogens is 1. The van der Waals surface area contributed by atoms with Gasteiger partial charge in [0, 0.05) is 17.1 Å². The van der Waals surface area contributed by atoms with Gasteiger partial charge < -0.3 is 10.4 Å². The van der Waals surface area contributed by atoms with E-state index in [2.05, 4.69) is 11.4 Å². The maximum Gasteiger partial charge on any atom is 0.120 e. The maximum absolute atomic E-state index is 9.73. The summed E-state index contributed by atoms with van der Waals surface area (Å²) in [4.78, 5) is 0. The number of benzene rings is 2. The lowest BCUT2D eigenvalue weighted by Crippen LogP contribution is -2.02. The van der Waals surface area contributed by atoms with Gasteiger partial charge in [0.1, 0.15) is 11.8 Å². The molecule has 2 rings (SSSR count). The number of aromatic hydroxyl groups is 1. The molecule has 0 fully saturated rings. The highest BCUT2D eigenvalue weighted by molar-refractivity contribution is 6.30. The number of aryl methyl sites for hydroxylation is 1. The quantitative estimate of drug-likeness (QED) is 0.893. The van der Waals surface area contributed by atoms with E-state index in [-0.39, 0.29) is 5.75 Å². The molecule has 0 aliphatic heterocycles. The van der Waals surface area contributed by atoms with Crippen LogP contribution in [0.25, 0.3) is 0 Å². The van der Waals surface area contributed by atoms with Crippen molar-refractivity contribution in [3.63, 3.8) is 0 Å². The van der Waals surface area contributed by atoms with Crippen molar-refractivity contribution in [3.8, 4) is 11.8 Å². The van der Waals surface area contributed by atoms with Crippen LogP contribution in [-0.4, -0.2) is 5.11 Å². The summed E-state index contributed by atoms with van der Waals surface area (Å²) in [6, 6.07) is 12.7. The van der Waals surface area contributed by atoms with Crippen LogP contribution in [0.1, 0.15) is 16.7 Å². The first-order valence-electron chi connectivity index (χ1n) is 5.83. The molecule has 0 heterocycles. The summed E-state index contributed by atoms with van der Waals surface area (Å²) in [5.41, 5.74) is 2.98. The third kappa shape index (κ3) is 2.98.